The lowest BCUT2D eigenvalue weighted by Gasteiger charge is -2.13. The number of hydrogen-bond donors (Lipinski definition) is 0. The summed E-state index contributed by atoms with van der Waals surface area (Å²) in [6.07, 6.45) is 2.32. The zero-order valence-electron chi connectivity index (χ0n) is 19.0. The van der Waals surface area contributed by atoms with E-state index in [0.29, 0.717) is 39.3 Å². The molecule has 0 radical (unpaired) electrons. The Labute approximate surface area is 210 Å². The van der Waals surface area contributed by atoms with E-state index >= 15 is 0 Å². The van der Waals surface area contributed by atoms with Gasteiger partial charge >= 0.3 is 5.97 Å². The Bertz CT molecular complexity index is 1350. The molecule has 0 amide bonds. The molecule has 3 aromatic rings. The van der Waals surface area contributed by atoms with Gasteiger partial charge in [0.15, 0.2) is 17.2 Å². The maximum Gasteiger partial charge on any atom is 0.363 e. The van der Waals surface area contributed by atoms with Crippen LogP contribution in [-0.2, 0) is 16.0 Å². The highest BCUT2D eigenvalue weighted by Gasteiger charge is 2.25. The standard InChI is InChI=1S/C26H21BrN2O6/c1-16-12-19(8-9-22(16)29(31)32)25-28-21(26(30)35-25)14-18-13-20(27)24(23(15-18)33-2)34-11-10-17-6-4-3-5-7-17/h3-9,12-15H,10-11H2,1-2H3/b21-14-. The van der Waals surface area contributed by atoms with Gasteiger partial charge in [0.05, 0.1) is 23.1 Å². The minimum Gasteiger partial charge on any atom is -0.493 e. The predicted octanol–water partition coefficient (Wildman–Crippen LogP) is 5.64. The van der Waals surface area contributed by atoms with Gasteiger partial charge in [-0.05, 0) is 64.3 Å². The van der Waals surface area contributed by atoms with Crippen molar-refractivity contribution in [1.82, 2.24) is 0 Å². The van der Waals surface area contributed by atoms with Crippen LogP contribution in [0.15, 0.2) is 75.8 Å². The summed E-state index contributed by atoms with van der Waals surface area (Å²) in [5.41, 5.74) is 2.83. The molecule has 0 spiro atoms. The molecule has 8 nitrogen and oxygen atoms in total. The Balaban J connectivity index is 1.55. The van der Waals surface area contributed by atoms with Gasteiger partial charge in [-0.25, -0.2) is 9.79 Å². The normalized spacial score (nSPS) is 14.0. The van der Waals surface area contributed by atoms with Gasteiger partial charge in [0, 0.05) is 23.6 Å². The van der Waals surface area contributed by atoms with Crippen LogP contribution in [0, 0.1) is 17.0 Å². The van der Waals surface area contributed by atoms with Gasteiger partial charge in [0.2, 0.25) is 5.90 Å². The Morgan fingerprint density at radius 1 is 1.14 bits per heavy atom. The summed E-state index contributed by atoms with van der Waals surface area (Å²) >= 11 is 3.52. The molecule has 35 heavy (non-hydrogen) atoms. The van der Waals surface area contributed by atoms with E-state index in [1.165, 1.54) is 17.7 Å². The predicted molar refractivity (Wildman–Crippen MR) is 135 cm³/mol. The highest BCUT2D eigenvalue weighted by atomic mass is 79.9. The smallest absolute Gasteiger partial charge is 0.363 e. The molecule has 0 aliphatic carbocycles. The van der Waals surface area contributed by atoms with E-state index in [0.717, 1.165) is 6.42 Å². The summed E-state index contributed by atoms with van der Waals surface area (Å²) in [7, 11) is 1.54. The Morgan fingerprint density at radius 3 is 2.60 bits per heavy atom. The van der Waals surface area contributed by atoms with Gasteiger partial charge in [0.1, 0.15) is 0 Å². The molecule has 178 valence electrons. The second-order valence-electron chi connectivity index (χ2n) is 7.71. The minimum absolute atomic E-state index is 0.0162. The lowest BCUT2D eigenvalue weighted by atomic mass is 10.1. The van der Waals surface area contributed by atoms with Crippen LogP contribution in [0.2, 0.25) is 0 Å². The Kier molecular flexibility index (Phi) is 7.26. The van der Waals surface area contributed by atoms with Crippen molar-refractivity contribution in [3.05, 3.63) is 103 Å². The maximum atomic E-state index is 12.4. The zero-order chi connectivity index (χ0) is 24.9. The number of aliphatic imine (C=N–C) groups is 1. The van der Waals surface area contributed by atoms with Gasteiger partial charge in [-0.1, -0.05) is 30.3 Å². The van der Waals surface area contributed by atoms with Crippen molar-refractivity contribution in [2.24, 2.45) is 4.99 Å². The third kappa shape index (κ3) is 5.58. The van der Waals surface area contributed by atoms with E-state index in [1.54, 1.807) is 38.3 Å². The second-order valence-corrected chi connectivity index (χ2v) is 8.57. The van der Waals surface area contributed by atoms with E-state index in [9.17, 15) is 14.9 Å². The summed E-state index contributed by atoms with van der Waals surface area (Å²) in [4.78, 5) is 27.3. The Morgan fingerprint density at radius 2 is 1.91 bits per heavy atom. The number of carbonyl (C=O) groups is 1. The van der Waals surface area contributed by atoms with E-state index < -0.39 is 10.9 Å². The number of aryl methyl sites for hydroxylation is 1. The molecular formula is C26H21BrN2O6. The lowest BCUT2D eigenvalue weighted by molar-refractivity contribution is -0.385. The van der Waals surface area contributed by atoms with Crippen molar-refractivity contribution < 1.29 is 23.9 Å². The molecule has 0 bridgehead atoms. The number of nitro benzene ring substituents is 1. The molecule has 0 N–H and O–H groups in total. The van der Waals surface area contributed by atoms with Gasteiger partial charge in [-0.2, -0.15) is 0 Å². The molecule has 1 heterocycles. The fourth-order valence-corrected chi connectivity index (χ4v) is 4.14. The fraction of sp³-hybridized carbons (Fsp3) is 0.154. The summed E-state index contributed by atoms with van der Waals surface area (Å²) in [5, 5.41) is 11.0. The average Bonchev–Trinajstić information content (AvgIpc) is 3.20. The highest BCUT2D eigenvalue weighted by molar-refractivity contribution is 9.10. The number of cyclic esters (lactones) is 1. The van der Waals surface area contributed by atoms with Crippen molar-refractivity contribution in [3.63, 3.8) is 0 Å². The van der Waals surface area contributed by atoms with Crippen LogP contribution in [0.5, 0.6) is 11.5 Å². The number of nitro groups is 1. The molecule has 4 rings (SSSR count). The van der Waals surface area contributed by atoms with Crippen LogP contribution in [0.25, 0.3) is 6.08 Å². The van der Waals surface area contributed by atoms with Crippen LogP contribution >= 0.6 is 15.9 Å². The van der Waals surface area contributed by atoms with E-state index in [2.05, 4.69) is 20.9 Å². The first-order valence-electron chi connectivity index (χ1n) is 10.7. The molecule has 0 saturated heterocycles. The third-order valence-corrected chi connectivity index (χ3v) is 5.89. The number of rotatable bonds is 8. The Hall–Kier alpha value is -3.98. The first-order valence-corrected chi connectivity index (χ1v) is 11.5. The monoisotopic (exact) mass is 536 g/mol. The molecule has 0 atom stereocenters. The molecule has 0 aromatic heterocycles. The van der Waals surface area contributed by atoms with Crippen LogP contribution in [-0.4, -0.2) is 30.5 Å². The first kappa shape index (κ1) is 24.2. The largest absolute Gasteiger partial charge is 0.493 e. The van der Waals surface area contributed by atoms with Crippen LogP contribution < -0.4 is 9.47 Å². The number of hydrogen-bond acceptors (Lipinski definition) is 7. The number of halogens is 1. The van der Waals surface area contributed by atoms with Crippen LogP contribution in [0.3, 0.4) is 0 Å². The van der Waals surface area contributed by atoms with E-state index in [1.807, 2.05) is 30.3 Å². The number of benzene rings is 3. The van der Waals surface area contributed by atoms with Crippen molar-refractivity contribution in [2.75, 3.05) is 13.7 Å². The average molecular weight is 537 g/mol. The van der Waals surface area contributed by atoms with E-state index in [4.69, 9.17) is 14.2 Å². The molecule has 9 heteroatoms. The summed E-state index contributed by atoms with van der Waals surface area (Å²) in [6, 6.07) is 18.0. The van der Waals surface area contributed by atoms with Gasteiger partial charge in [-0.3, -0.25) is 10.1 Å². The summed E-state index contributed by atoms with van der Waals surface area (Å²) in [6.45, 7) is 2.08. The summed E-state index contributed by atoms with van der Waals surface area (Å²) < 4.78 is 17.4. The summed E-state index contributed by atoms with van der Waals surface area (Å²) in [5.74, 6) is 0.534. The zero-order valence-corrected chi connectivity index (χ0v) is 20.6. The molecule has 1 aliphatic rings. The quantitative estimate of drug-likeness (QED) is 0.160. The molecule has 3 aromatic carbocycles. The lowest BCUT2D eigenvalue weighted by Crippen LogP contribution is -2.06. The highest BCUT2D eigenvalue weighted by Crippen LogP contribution is 2.37. The first-order chi connectivity index (χ1) is 16.9. The van der Waals surface area contributed by atoms with Crippen LogP contribution in [0.1, 0.15) is 22.3 Å². The third-order valence-electron chi connectivity index (χ3n) is 5.30. The fourth-order valence-electron chi connectivity index (χ4n) is 3.56. The molecule has 0 unspecified atom stereocenters. The molecular weight excluding hydrogens is 516 g/mol. The number of ether oxygens (including phenoxy) is 3. The molecule has 0 fully saturated rings. The van der Waals surface area contributed by atoms with Crippen molar-refractivity contribution in [1.29, 1.82) is 0 Å². The van der Waals surface area contributed by atoms with Crippen LogP contribution in [0.4, 0.5) is 5.69 Å². The number of methoxy groups -OCH3 is 1. The van der Waals surface area contributed by atoms with Crippen molar-refractivity contribution >= 4 is 39.6 Å². The maximum absolute atomic E-state index is 12.4. The van der Waals surface area contributed by atoms with E-state index in [-0.39, 0.29) is 17.3 Å². The number of nitrogens with zero attached hydrogens (tertiary/aromatic N) is 2. The minimum atomic E-state index is -0.616. The van der Waals surface area contributed by atoms with Gasteiger partial charge in [-0.15, -0.1) is 0 Å². The number of esters is 1. The number of carbonyl (C=O) groups excluding carboxylic acids is 1. The van der Waals surface area contributed by atoms with Crippen molar-refractivity contribution in [3.8, 4) is 11.5 Å². The SMILES string of the molecule is COc1cc(/C=C2\N=C(c3ccc([N+](=O)[O-])c(C)c3)OC2=O)cc(Br)c1OCCc1ccccc1. The van der Waals surface area contributed by atoms with Crippen molar-refractivity contribution in [2.45, 2.75) is 13.3 Å². The topological polar surface area (TPSA) is 100 Å². The molecule has 1 aliphatic heterocycles. The van der Waals surface area contributed by atoms with Gasteiger partial charge < -0.3 is 14.2 Å². The van der Waals surface area contributed by atoms with Gasteiger partial charge in [0.25, 0.3) is 5.69 Å². The molecule has 0 saturated carbocycles. The second kappa shape index (κ2) is 10.5.